The van der Waals surface area contributed by atoms with E-state index in [1.165, 1.54) is 0 Å². The third-order valence-electron chi connectivity index (χ3n) is 9.26. The predicted octanol–water partition coefficient (Wildman–Crippen LogP) is -10.9. The molecule has 4 fully saturated rings. The molecule has 22 atom stereocenters. The van der Waals surface area contributed by atoms with Crippen molar-refractivity contribution in [2.45, 2.75) is 142 Å². The summed E-state index contributed by atoms with van der Waals surface area (Å²) < 4.78 is 39.3. The Kier molecular flexibility index (Phi) is 15.4. The Bertz CT molecular complexity index is 1130. The molecule has 24 heteroatoms. The molecule has 304 valence electrons. The first-order valence-corrected chi connectivity index (χ1v) is 16.3. The predicted molar refractivity (Wildman–Crippen MR) is 157 cm³/mol. The highest BCUT2D eigenvalue weighted by Gasteiger charge is 2.57. The number of carbonyl (C=O) groups excluding carboxylic acids is 1. The van der Waals surface area contributed by atoms with Gasteiger partial charge in [0, 0.05) is 6.92 Å². The van der Waals surface area contributed by atoms with Crippen molar-refractivity contribution in [3.05, 3.63) is 0 Å². The Morgan fingerprint density at radius 1 is 0.558 bits per heavy atom. The molecule has 0 saturated carbocycles. The van der Waals surface area contributed by atoms with E-state index in [9.17, 15) is 81.4 Å². The summed E-state index contributed by atoms with van der Waals surface area (Å²) in [5.41, 5.74) is 0. The SMILES string of the molecule is CC(=O)N[C@H]1[C@@H](O[C@@H]2[C@@H](O[C@@H]3[C@H](O)[C@@H](O)O[C@H]([C@@H](O)CO)[C@H]3O[C@@H]3O[C@H](CO)[C@@H](O)[C@H](O)[C@H]3O)O[C@H]([C@@H](O)CO)[C@@H](O)[C@@H]2O)O[C@H](CO)[C@@H](O)[C@@H]1O. The first-order chi connectivity index (χ1) is 24.5. The van der Waals surface area contributed by atoms with Crippen LogP contribution in [-0.2, 0) is 38.0 Å². The fraction of sp³-hybridized carbons (Fsp3) is 0.964. The molecule has 0 spiro atoms. The number of hydrogen-bond donors (Lipinski definition) is 16. The highest BCUT2D eigenvalue weighted by molar-refractivity contribution is 5.73. The molecule has 0 aromatic rings. The van der Waals surface area contributed by atoms with Gasteiger partial charge >= 0.3 is 0 Å². The number of ether oxygens (including phenoxy) is 7. The smallest absolute Gasteiger partial charge is 0.217 e. The number of carbonyl (C=O) groups is 1. The molecule has 0 unspecified atom stereocenters. The fourth-order valence-corrected chi connectivity index (χ4v) is 6.36. The summed E-state index contributed by atoms with van der Waals surface area (Å²) in [6.07, 6.45) is -41.1. The lowest BCUT2D eigenvalue weighted by molar-refractivity contribution is -0.401. The first-order valence-electron chi connectivity index (χ1n) is 16.3. The number of aliphatic hydroxyl groups is 15. The molecule has 0 aliphatic carbocycles. The maximum Gasteiger partial charge on any atom is 0.217 e. The Balaban J connectivity index is 1.74. The summed E-state index contributed by atoms with van der Waals surface area (Å²) in [7, 11) is 0. The summed E-state index contributed by atoms with van der Waals surface area (Å²) >= 11 is 0. The normalized spacial score (nSPS) is 48.5. The molecular formula is C28H49NO23. The summed E-state index contributed by atoms with van der Waals surface area (Å²) in [6.45, 7) is -2.86. The maximum absolute atomic E-state index is 12.0. The lowest BCUT2D eigenvalue weighted by Crippen LogP contribution is -2.70. The lowest BCUT2D eigenvalue weighted by atomic mass is 9.92. The van der Waals surface area contributed by atoms with Crippen LogP contribution in [0.3, 0.4) is 0 Å². The molecule has 0 radical (unpaired) electrons. The maximum atomic E-state index is 12.0. The molecule has 0 aromatic heterocycles. The summed E-state index contributed by atoms with van der Waals surface area (Å²) in [6, 6.07) is -1.62. The van der Waals surface area contributed by atoms with Gasteiger partial charge in [-0.3, -0.25) is 4.79 Å². The van der Waals surface area contributed by atoms with Gasteiger partial charge in [-0.25, -0.2) is 0 Å². The number of amides is 1. The number of nitrogens with one attached hydrogen (secondary N) is 1. The Labute approximate surface area is 294 Å². The Hall–Kier alpha value is -1.41. The van der Waals surface area contributed by atoms with E-state index in [4.69, 9.17) is 33.2 Å². The molecule has 4 aliphatic heterocycles. The second-order valence-electron chi connectivity index (χ2n) is 12.9. The van der Waals surface area contributed by atoms with Crippen molar-refractivity contribution in [3.63, 3.8) is 0 Å². The van der Waals surface area contributed by atoms with Crippen LogP contribution in [0.5, 0.6) is 0 Å². The molecule has 4 saturated heterocycles. The van der Waals surface area contributed by atoms with E-state index in [-0.39, 0.29) is 0 Å². The highest BCUT2D eigenvalue weighted by atomic mass is 16.8. The van der Waals surface area contributed by atoms with Crippen LogP contribution in [0.2, 0.25) is 0 Å². The second kappa shape index (κ2) is 18.5. The third kappa shape index (κ3) is 9.00. The van der Waals surface area contributed by atoms with Crippen molar-refractivity contribution in [1.82, 2.24) is 5.32 Å². The van der Waals surface area contributed by atoms with E-state index in [1.54, 1.807) is 0 Å². The van der Waals surface area contributed by atoms with E-state index >= 15 is 0 Å². The van der Waals surface area contributed by atoms with Crippen LogP contribution in [0.4, 0.5) is 0 Å². The van der Waals surface area contributed by atoms with Crippen molar-refractivity contribution in [2.24, 2.45) is 0 Å². The topological polar surface area (TPSA) is 397 Å². The number of rotatable bonds is 13. The van der Waals surface area contributed by atoms with Crippen LogP contribution < -0.4 is 5.32 Å². The standard InChI is InChI=1S/C28H49NO23/c1-6(34)29-11-14(39)12(37)9(4-32)46-26(11)51-23-17(42)16(41)20(7(35)2-30)49-28(23)50-22-19(44)25(45)48-21(8(36)3-31)24(22)52-27-18(43)15(40)13(38)10(5-33)47-27/h7-28,30-33,35-45H,2-5H2,1H3,(H,29,34)/t7-,8-,9+,10+,11+,12+,13+,14+,15-,16-,17-,18+,19-,20+,21+,22+,23-,24+,25-,26+,27-,28+/m0/s1. The molecule has 0 bridgehead atoms. The van der Waals surface area contributed by atoms with Crippen molar-refractivity contribution in [2.75, 3.05) is 26.4 Å². The minimum absolute atomic E-state index is 0.767. The largest absolute Gasteiger partial charge is 0.394 e. The van der Waals surface area contributed by atoms with E-state index in [1.807, 2.05) is 0 Å². The van der Waals surface area contributed by atoms with Gasteiger partial charge in [0.15, 0.2) is 25.2 Å². The van der Waals surface area contributed by atoms with Gasteiger partial charge < -0.3 is 115 Å². The molecule has 1 amide bonds. The molecule has 4 rings (SSSR count). The van der Waals surface area contributed by atoms with E-state index in [0.29, 0.717) is 0 Å². The zero-order valence-electron chi connectivity index (χ0n) is 27.5. The molecule has 52 heavy (non-hydrogen) atoms. The van der Waals surface area contributed by atoms with Crippen LogP contribution in [0, 0.1) is 0 Å². The average molecular weight is 768 g/mol. The molecular weight excluding hydrogens is 718 g/mol. The summed E-state index contributed by atoms with van der Waals surface area (Å²) in [4.78, 5) is 12.0. The van der Waals surface area contributed by atoms with Crippen molar-refractivity contribution >= 4 is 5.91 Å². The van der Waals surface area contributed by atoms with Crippen molar-refractivity contribution in [1.29, 1.82) is 0 Å². The van der Waals surface area contributed by atoms with E-state index in [2.05, 4.69) is 5.32 Å². The van der Waals surface area contributed by atoms with Gasteiger partial charge in [-0.1, -0.05) is 0 Å². The molecule has 16 N–H and O–H groups in total. The van der Waals surface area contributed by atoms with Crippen molar-refractivity contribution in [3.8, 4) is 0 Å². The zero-order chi connectivity index (χ0) is 38.8. The first kappa shape index (κ1) is 43.3. The monoisotopic (exact) mass is 767 g/mol. The minimum atomic E-state index is -2.24. The summed E-state index contributed by atoms with van der Waals surface area (Å²) in [5, 5.41) is 158. The molecule has 0 aromatic carbocycles. The van der Waals surface area contributed by atoms with Gasteiger partial charge in [-0.2, -0.15) is 0 Å². The molecule has 24 nitrogen and oxygen atoms in total. The van der Waals surface area contributed by atoms with Crippen LogP contribution in [0.15, 0.2) is 0 Å². The van der Waals surface area contributed by atoms with Gasteiger partial charge in [-0.15, -0.1) is 0 Å². The quantitative estimate of drug-likeness (QED) is 0.0827. The van der Waals surface area contributed by atoms with Crippen LogP contribution in [0.25, 0.3) is 0 Å². The van der Waals surface area contributed by atoms with Crippen LogP contribution in [-0.4, -0.2) is 244 Å². The van der Waals surface area contributed by atoms with Crippen LogP contribution in [0.1, 0.15) is 6.92 Å². The van der Waals surface area contributed by atoms with Gasteiger partial charge in [0.25, 0.3) is 0 Å². The lowest BCUT2D eigenvalue weighted by Gasteiger charge is -2.51. The van der Waals surface area contributed by atoms with Gasteiger partial charge in [0.05, 0.1) is 26.4 Å². The zero-order valence-corrected chi connectivity index (χ0v) is 27.5. The summed E-state index contributed by atoms with van der Waals surface area (Å²) in [5.74, 6) is -0.767. The van der Waals surface area contributed by atoms with Gasteiger partial charge in [0.2, 0.25) is 5.91 Å². The van der Waals surface area contributed by atoms with Crippen molar-refractivity contribution < 1.29 is 115 Å². The van der Waals surface area contributed by atoms with Gasteiger partial charge in [0.1, 0.15) is 110 Å². The van der Waals surface area contributed by atoms with Crippen LogP contribution >= 0.6 is 0 Å². The molecule has 4 aliphatic rings. The van der Waals surface area contributed by atoms with E-state index < -0.39 is 167 Å². The average Bonchev–Trinajstić information content (AvgIpc) is 3.12. The highest BCUT2D eigenvalue weighted by Crippen LogP contribution is 2.36. The number of aliphatic hydroxyl groups excluding tert-OH is 15. The minimum Gasteiger partial charge on any atom is -0.394 e. The Morgan fingerprint density at radius 3 is 1.63 bits per heavy atom. The van der Waals surface area contributed by atoms with E-state index in [0.717, 1.165) is 6.92 Å². The third-order valence-corrected chi connectivity index (χ3v) is 9.26. The molecule has 4 heterocycles. The van der Waals surface area contributed by atoms with Gasteiger partial charge in [-0.05, 0) is 0 Å². The fourth-order valence-electron chi connectivity index (χ4n) is 6.36. The number of hydrogen-bond acceptors (Lipinski definition) is 23. The Morgan fingerprint density at radius 2 is 1.08 bits per heavy atom. The second-order valence-corrected chi connectivity index (χ2v) is 12.9.